The highest BCUT2D eigenvalue weighted by Crippen LogP contribution is 2.19. The molecule has 0 aliphatic carbocycles. The summed E-state index contributed by atoms with van der Waals surface area (Å²) in [5, 5.41) is 9.95. The molecule has 0 bridgehead atoms. The fraction of sp³-hybridized carbons (Fsp3) is 0.375. The van der Waals surface area contributed by atoms with Gasteiger partial charge in [-0.25, -0.2) is 0 Å². The first-order valence-corrected chi connectivity index (χ1v) is 6.99. The number of benzene rings is 1. The van der Waals surface area contributed by atoms with E-state index in [0.29, 0.717) is 6.54 Å². The van der Waals surface area contributed by atoms with Gasteiger partial charge in [0.25, 0.3) is 0 Å². The maximum Gasteiger partial charge on any atom is 0.242 e. The van der Waals surface area contributed by atoms with E-state index in [1.165, 1.54) is 0 Å². The van der Waals surface area contributed by atoms with E-state index in [4.69, 9.17) is 0 Å². The summed E-state index contributed by atoms with van der Waals surface area (Å²) in [7, 11) is 3.82. The summed E-state index contributed by atoms with van der Waals surface area (Å²) in [6, 6.07) is 9.66. The SMILES string of the molecule is Cc1cccc([C@@H](C(=O)NCc2cc(C)[nH]n2)N(C)C)c1. The molecule has 1 aromatic carbocycles. The van der Waals surface area contributed by atoms with E-state index >= 15 is 0 Å². The largest absolute Gasteiger partial charge is 0.349 e. The Morgan fingerprint density at radius 3 is 2.67 bits per heavy atom. The molecule has 0 fully saturated rings. The van der Waals surface area contributed by atoms with E-state index in [9.17, 15) is 4.79 Å². The average Bonchev–Trinajstić information content (AvgIpc) is 2.82. The first-order chi connectivity index (χ1) is 9.97. The number of aromatic nitrogens is 2. The first kappa shape index (κ1) is 15.3. The molecule has 2 rings (SSSR count). The zero-order valence-corrected chi connectivity index (χ0v) is 13.0. The normalized spacial score (nSPS) is 12.4. The summed E-state index contributed by atoms with van der Waals surface area (Å²) >= 11 is 0. The molecule has 0 aliphatic rings. The third-order valence-electron chi connectivity index (χ3n) is 3.33. The van der Waals surface area contributed by atoms with Crippen LogP contribution in [0, 0.1) is 13.8 Å². The number of nitrogens with zero attached hydrogens (tertiary/aromatic N) is 2. The highest BCUT2D eigenvalue weighted by Gasteiger charge is 2.22. The molecular formula is C16H22N4O. The molecule has 0 spiro atoms. The van der Waals surface area contributed by atoms with Crippen LogP contribution in [0.25, 0.3) is 0 Å². The summed E-state index contributed by atoms with van der Waals surface area (Å²) in [4.78, 5) is 14.4. The topological polar surface area (TPSA) is 61.0 Å². The van der Waals surface area contributed by atoms with Crippen LogP contribution in [-0.2, 0) is 11.3 Å². The van der Waals surface area contributed by atoms with Crippen molar-refractivity contribution in [2.24, 2.45) is 0 Å². The van der Waals surface area contributed by atoms with Crippen molar-refractivity contribution in [3.8, 4) is 0 Å². The second kappa shape index (κ2) is 6.54. The van der Waals surface area contributed by atoms with Gasteiger partial charge in [0.1, 0.15) is 6.04 Å². The molecular weight excluding hydrogens is 264 g/mol. The molecule has 1 atom stereocenters. The summed E-state index contributed by atoms with van der Waals surface area (Å²) in [6.07, 6.45) is 0. The van der Waals surface area contributed by atoms with Crippen molar-refractivity contribution in [3.63, 3.8) is 0 Å². The molecule has 5 heteroatoms. The molecule has 1 amide bonds. The summed E-state index contributed by atoms with van der Waals surface area (Å²) in [6.45, 7) is 4.40. The highest BCUT2D eigenvalue weighted by atomic mass is 16.2. The minimum absolute atomic E-state index is 0.0220. The summed E-state index contributed by atoms with van der Waals surface area (Å²) < 4.78 is 0. The van der Waals surface area contributed by atoms with E-state index in [1.807, 2.05) is 63.2 Å². The van der Waals surface area contributed by atoms with Crippen LogP contribution < -0.4 is 5.32 Å². The van der Waals surface area contributed by atoms with Crippen LogP contribution in [-0.4, -0.2) is 35.1 Å². The average molecular weight is 286 g/mol. The number of aryl methyl sites for hydroxylation is 2. The van der Waals surface area contributed by atoms with Crippen LogP contribution in [0.4, 0.5) is 0 Å². The van der Waals surface area contributed by atoms with Crippen LogP contribution in [0.3, 0.4) is 0 Å². The first-order valence-electron chi connectivity index (χ1n) is 6.99. The Labute approximate surface area is 125 Å². The van der Waals surface area contributed by atoms with Crippen LogP contribution in [0.1, 0.15) is 28.6 Å². The number of rotatable bonds is 5. The van der Waals surface area contributed by atoms with Gasteiger partial charge in [-0.1, -0.05) is 29.8 Å². The number of carbonyl (C=O) groups is 1. The lowest BCUT2D eigenvalue weighted by atomic mass is 10.0. The molecule has 1 heterocycles. The second-order valence-electron chi connectivity index (χ2n) is 5.54. The molecule has 2 N–H and O–H groups in total. The Morgan fingerprint density at radius 1 is 1.33 bits per heavy atom. The van der Waals surface area contributed by atoms with Crippen LogP contribution in [0.5, 0.6) is 0 Å². The van der Waals surface area contributed by atoms with E-state index in [0.717, 1.165) is 22.5 Å². The van der Waals surface area contributed by atoms with Crippen LogP contribution in [0.15, 0.2) is 30.3 Å². The predicted octanol–water partition coefficient (Wildman–Crippen LogP) is 1.95. The molecule has 0 unspecified atom stereocenters. The number of nitrogens with one attached hydrogen (secondary N) is 2. The van der Waals surface area contributed by atoms with Gasteiger partial charge in [0, 0.05) is 5.69 Å². The molecule has 0 aliphatic heterocycles. The van der Waals surface area contributed by atoms with Crippen molar-refractivity contribution in [1.29, 1.82) is 0 Å². The van der Waals surface area contributed by atoms with Crippen molar-refractivity contribution in [1.82, 2.24) is 20.4 Å². The number of H-pyrrole nitrogens is 1. The van der Waals surface area contributed by atoms with E-state index in [-0.39, 0.29) is 11.9 Å². The van der Waals surface area contributed by atoms with Gasteiger partial charge < -0.3 is 5.32 Å². The maximum absolute atomic E-state index is 12.5. The van der Waals surface area contributed by atoms with Crippen molar-refractivity contribution in [2.45, 2.75) is 26.4 Å². The monoisotopic (exact) mass is 286 g/mol. The standard InChI is InChI=1S/C16H22N4O/c1-11-6-5-7-13(8-11)15(20(3)4)16(21)17-10-14-9-12(2)18-19-14/h5-9,15H,10H2,1-4H3,(H,17,21)(H,18,19)/t15-/m0/s1. The van der Waals surface area contributed by atoms with Gasteiger partial charge in [-0.15, -0.1) is 0 Å². The second-order valence-corrected chi connectivity index (χ2v) is 5.54. The smallest absolute Gasteiger partial charge is 0.242 e. The summed E-state index contributed by atoms with van der Waals surface area (Å²) in [5.41, 5.74) is 3.97. The third kappa shape index (κ3) is 3.92. The number of hydrogen-bond donors (Lipinski definition) is 2. The molecule has 0 radical (unpaired) electrons. The van der Waals surface area contributed by atoms with Crippen LogP contribution in [0.2, 0.25) is 0 Å². The van der Waals surface area contributed by atoms with Gasteiger partial charge in [-0.2, -0.15) is 5.10 Å². The zero-order chi connectivity index (χ0) is 15.4. The Morgan fingerprint density at radius 2 is 2.10 bits per heavy atom. The molecule has 21 heavy (non-hydrogen) atoms. The van der Waals surface area contributed by atoms with Gasteiger partial charge in [0.2, 0.25) is 5.91 Å². The van der Waals surface area contributed by atoms with E-state index in [2.05, 4.69) is 15.5 Å². The predicted molar refractivity (Wildman–Crippen MR) is 82.8 cm³/mol. The fourth-order valence-electron chi connectivity index (χ4n) is 2.36. The quantitative estimate of drug-likeness (QED) is 0.883. The minimum atomic E-state index is -0.301. The number of hydrogen-bond acceptors (Lipinski definition) is 3. The van der Waals surface area contributed by atoms with Crippen molar-refractivity contribution in [3.05, 3.63) is 52.8 Å². The molecule has 0 saturated heterocycles. The maximum atomic E-state index is 12.5. The highest BCUT2D eigenvalue weighted by molar-refractivity contribution is 5.83. The lowest BCUT2D eigenvalue weighted by molar-refractivity contribution is -0.126. The number of likely N-dealkylation sites (N-methyl/N-ethyl adjacent to an activating group) is 1. The molecule has 2 aromatic rings. The number of amides is 1. The number of aromatic amines is 1. The van der Waals surface area contributed by atoms with E-state index < -0.39 is 0 Å². The molecule has 0 saturated carbocycles. The molecule has 112 valence electrons. The minimum Gasteiger partial charge on any atom is -0.349 e. The Bertz CT molecular complexity index is 618. The van der Waals surface area contributed by atoms with Crippen molar-refractivity contribution in [2.75, 3.05) is 14.1 Å². The van der Waals surface area contributed by atoms with Crippen molar-refractivity contribution >= 4 is 5.91 Å². The fourth-order valence-corrected chi connectivity index (χ4v) is 2.36. The lowest BCUT2D eigenvalue weighted by Crippen LogP contribution is -2.36. The van der Waals surface area contributed by atoms with Gasteiger partial charge in [0.05, 0.1) is 12.2 Å². The molecule has 1 aromatic heterocycles. The molecule has 5 nitrogen and oxygen atoms in total. The third-order valence-corrected chi connectivity index (χ3v) is 3.33. The van der Waals surface area contributed by atoms with Gasteiger partial charge in [-0.05, 0) is 39.6 Å². The Kier molecular flexibility index (Phi) is 4.75. The van der Waals surface area contributed by atoms with Gasteiger partial charge in [-0.3, -0.25) is 14.8 Å². The van der Waals surface area contributed by atoms with E-state index in [1.54, 1.807) is 0 Å². The van der Waals surface area contributed by atoms with Gasteiger partial charge in [0.15, 0.2) is 0 Å². The van der Waals surface area contributed by atoms with Crippen molar-refractivity contribution < 1.29 is 4.79 Å². The lowest BCUT2D eigenvalue weighted by Gasteiger charge is -2.24. The zero-order valence-electron chi connectivity index (χ0n) is 13.0. The summed E-state index contributed by atoms with van der Waals surface area (Å²) in [5.74, 6) is -0.0220. The Hall–Kier alpha value is -2.14. The Balaban J connectivity index is 2.09. The number of carbonyl (C=O) groups excluding carboxylic acids is 1. The van der Waals surface area contributed by atoms with Gasteiger partial charge >= 0.3 is 0 Å². The van der Waals surface area contributed by atoms with Crippen LogP contribution >= 0.6 is 0 Å².